The van der Waals surface area contributed by atoms with Crippen LogP contribution in [0.15, 0.2) is 23.1 Å². The first-order valence-corrected chi connectivity index (χ1v) is 7.72. The molecule has 0 aliphatic carbocycles. The fourth-order valence-corrected chi connectivity index (χ4v) is 2.18. The van der Waals surface area contributed by atoms with E-state index in [0.29, 0.717) is 0 Å². The van der Waals surface area contributed by atoms with Gasteiger partial charge in [0.1, 0.15) is 0 Å². The molecule has 0 saturated heterocycles. The van der Waals surface area contributed by atoms with E-state index in [2.05, 4.69) is 5.32 Å². The van der Waals surface area contributed by atoms with Crippen LogP contribution < -0.4 is 16.8 Å². The predicted molar refractivity (Wildman–Crippen MR) is 75.0 cm³/mol. The van der Waals surface area contributed by atoms with Gasteiger partial charge in [-0.1, -0.05) is 11.6 Å². The zero-order chi connectivity index (χ0) is 15.5. The third kappa shape index (κ3) is 4.48. The van der Waals surface area contributed by atoms with Gasteiger partial charge in [0.05, 0.1) is 28.1 Å². The van der Waals surface area contributed by atoms with Crippen molar-refractivity contribution in [2.45, 2.75) is 17.4 Å². The molecule has 20 heavy (non-hydrogen) atoms. The van der Waals surface area contributed by atoms with E-state index in [1.165, 1.54) is 18.2 Å². The van der Waals surface area contributed by atoms with Crippen molar-refractivity contribution in [1.29, 1.82) is 0 Å². The van der Waals surface area contributed by atoms with Crippen molar-refractivity contribution >= 4 is 38.9 Å². The number of nitrogens with one attached hydrogen (secondary N) is 1. The van der Waals surface area contributed by atoms with E-state index < -0.39 is 27.7 Å². The van der Waals surface area contributed by atoms with Crippen LogP contribution in [-0.2, 0) is 19.4 Å². The first-order chi connectivity index (χ1) is 9.11. The minimum absolute atomic E-state index is 0.000623. The number of carbonyl (C=O) groups excluding carboxylic acids is 2. The molecule has 0 heterocycles. The normalized spacial score (nSPS) is 12.8. The maximum atomic E-state index is 11.7. The molecule has 2 amide bonds. The maximum Gasteiger partial charge on any atom is 0.241 e. The number of hydrogen-bond acceptors (Lipinski definition) is 5. The summed E-state index contributed by atoms with van der Waals surface area (Å²) < 4.78 is 22.8. The van der Waals surface area contributed by atoms with Gasteiger partial charge in [0, 0.05) is 6.26 Å². The average Bonchev–Trinajstić information content (AvgIpc) is 2.29. The first kappa shape index (κ1) is 16.4. The molecule has 0 saturated carbocycles. The van der Waals surface area contributed by atoms with Crippen LogP contribution in [0.4, 0.5) is 5.69 Å². The molecule has 0 bridgehead atoms. The first-order valence-electron chi connectivity index (χ1n) is 5.45. The van der Waals surface area contributed by atoms with Crippen LogP contribution in [0, 0.1) is 0 Å². The lowest BCUT2D eigenvalue weighted by Crippen LogP contribution is -2.39. The number of carbonyl (C=O) groups is 2. The number of nitrogens with two attached hydrogens (primary N) is 2. The molecule has 1 aromatic rings. The second kappa shape index (κ2) is 6.21. The Morgan fingerprint density at radius 3 is 2.50 bits per heavy atom. The van der Waals surface area contributed by atoms with Crippen molar-refractivity contribution in [2.24, 2.45) is 11.5 Å². The van der Waals surface area contributed by atoms with Gasteiger partial charge in [0.15, 0.2) is 9.84 Å². The Hall–Kier alpha value is -1.64. The van der Waals surface area contributed by atoms with E-state index in [1.807, 2.05) is 0 Å². The molecule has 1 atom stereocenters. The highest BCUT2D eigenvalue weighted by Crippen LogP contribution is 2.25. The molecule has 7 nitrogen and oxygen atoms in total. The molecule has 1 unspecified atom stereocenters. The summed E-state index contributed by atoms with van der Waals surface area (Å²) in [5.74, 6) is -1.40. The molecule has 0 aliphatic rings. The molecule has 0 fully saturated rings. The third-order valence-electron chi connectivity index (χ3n) is 2.38. The van der Waals surface area contributed by atoms with Crippen LogP contribution in [-0.4, -0.2) is 32.5 Å². The van der Waals surface area contributed by atoms with Gasteiger partial charge in [-0.2, -0.15) is 0 Å². The number of hydrogen-bond donors (Lipinski definition) is 3. The van der Waals surface area contributed by atoms with Crippen LogP contribution in [0.2, 0.25) is 5.02 Å². The van der Waals surface area contributed by atoms with E-state index >= 15 is 0 Å². The van der Waals surface area contributed by atoms with Crippen LogP contribution in [0.25, 0.3) is 0 Å². The summed E-state index contributed by atoms with van der Waals surface area (Å²) in [6.07, 6.45) is 0.704. The Balaban J connectivity index is 2.98. The maximum absolute atomic E-state index is 11.7. The van der Waals surface area contributed by atoms with E-state index in [1.54, 1.807) is 0 Å². The standard InChI is InChI=1S/C11H14ClN3O4S/c1-20(18,19)6-2-3-7(12)9(4-6)15-11(17)8(13)5-10(14)16/h2-4,8H,5,13H2,1H3,(H2,14,16)(H,15,17). The molecule has 0 aliphatic heterocycles. The van der Waals surface area contributed by atoms with Gasteiger partial charge >= 0.3 is 0 Å². The largest absolute Gasteiger partial charge is 0.370 e. The summed E-state index contributed by atoms with van der Waals surface area (Å²) in [6.45, 7) is 0. The van der Waals surface area contributed by atoms with Crippen LogP contribution in [0.1, 0.15) is 6.42 Å². The van der Waals surface area contributed by atoms with Crippen molar-refractivity contribution in [2.75, 3.05) is 11.6 Å². The molecule has 1 aromatic carbocycles. The van der Waals surface area contributed by atoms with Gasteiger partial charge in [0.25, 0.3) is 0 Å². The van der Waals surface area contributed by atoms with Gasteiger partial charge in [-0.3, -0.25) is 9.59 Å². The van der Waals surface area contributed by atoms with E-state index in [9.17, 15) is 18.0 Å². The summed E-state index contributed by atoms with van der Waals surface area (Å²) in [6, 6.07) is 2.74. The van der Waals surface area contributed by atoms with Crippen LogP contribution in [0.5, 0.6) is 0 Å². The van der Waals surface area contributed by atoms with Crippen LogP contribution >= 0.6 is 11.6 Å². The molecular weight excluding hydrogens is 306 g/mol. The van der Waals surface area contributed by atoms with Crippen molar-refractivity contribution in [1.82, 2.24) is 0 Å². The third-order valence-corrected chi connectivity index (χ3v) is 3.82. The Kier molecular flexibility index (Phi) is 5.09. The molecule has 110 valence electrons. The zero-order valence-corrected chi connectivity index (χ0v) is 12.2. The highest BCUT2D eigenvalue weighted by molar-refractivity contribution is 7.90. The highest BCUT2D eigenvalue weighted by atomic mass is 35.5. The summed E-state index contributed by atoms with van der Waals surface area (Å²) in [4.78, 5) is 22.4. The Bertz CT molecular complexity index is 645. The van der Waals surface area contributed by atoms with Gasteiger partial charge < -0.3 is 16.8 Å². The summed E-state index contributed by atoms with van der Waals surface area (Å²) in [5.41, 5.74) is 10.5. The molecule has 0 aromatic heterocycles. The lowest BCUT2D eigenvalue weighted by Gasteiger charge is -2.12. The second-order valence-electron chi connectivity index (χ2n) is 4.18. The van der Waals surface area contributed by atoms with E-state index in [4.69, 9.17) is 23.1 Å². The summed E-state index contributed by atoms with van der Waals surface area (Å²) >= 11 is 5.86. The lowest BCUT2D eigenvalue weighted by molar-refractivity contribution is -0.123. The number of benzene rings is 1. The number of anilines is 1. The van der Waals surface area contributed by atoms with Crippen molar-refractivity contribution in [3.63, 3.8) is 0 Å². The number of halogens is 1. The SMILES string of the molecule is CS(=O)(=O)c1ccc(Cl)c(NC(=O)C(N)CC(N)=O)c1. The minimum Gasteiger partial charge on any atom is -0.370 e. The topological polar surface area (TPSA) is 132 Å². The van der Waals surface area contributed by atoms with Crippen LogP contribution in [0.3, 0.4) is 0 Å². The Morgan fingerprint density at radius 1 is 1.40 bits per heavy atom. The van der Waals surface area contributed by atoms with Crippen molar-refractivity contribution < 1.29 is 18.0 Å². The van der Waals surface area contributed by atoms with E-state index in [-0.39, 0.29) is 22.0 Å². The Morgan fingerprint density at radius 2 is 2.00 bits per heavy atom. The highest BCUT2D eigenvalue weighted by Gasteiger charge is 2.18. The molecule has 1 rings (SSSR count). The quantitative estimate of drug-likeness (QED) is 0.696. The summed E-state index contributed by atoms with van der Waals surface area (Å²) in [7, 11) is -3.43. The van der Waals surface area contributed by atoms with E-state index in [0.717, 1.165) is 6.26 Å². The van der Waals surface area contributed by atoms with Crippen molar-refractivity contribution in [3.05, 3.63) is 23.2 Å². The molecular formula is C11H14ClN3O4S. The molecule has 9 heteroatoms. The van der Waals surface area contributed by atoms with Gasteiger partial charge in [0.2, 0.25) is 11.8 Å². The molecule has 5 N–H and O–H groups in total. The monoisotopic (exact) mass is 319 g/mol. The number of sulfone groups is 1. The fourth-order valence-electron chi connectivity index (χ4n) is 1.37. The van der Waals surface area contributed by atoms with Crippen molar-refractivity contribution in [3.8, 4) is 0 Å². The Labute approximate surface area is 121 Å². The van der Waals surface area contributed by atoms with Gasteiger partial charge in [-0.05, 0) is 18.2 Å². The predicted octanol–water partition coefficient (Wildman–Crippen LogP) is -0.115. The number of primary amides is 1. The average molecular weight is 320 g/mol. The zero-order valence-electron chi connectivity index (χ0n) is 10.6. The minimum atomic E-state index is -3.43. The second-order valence-corrected chi connectivity index (χ2v) is 6.60. The lowest BCUT2D eigenvalue weighted by atomic mass is 10.2. The smallest absolute Gasteiger partial charge is 0.241 e. The summed E-state index contributed by atoms with van der Waals surface area (Å²) in [5, 5.41) is 2.51. The number of amides is 2. The number of rotatable bonds is 5. The van der Waals surface area contributed by atoms with Gasteiger partial charge in [-0.15, -0.1) is 0 Å². The molecule has 0 spiro atoms. The van der Waals surface area contributed by atoms with Gasteiger partial charge in [-0.25, -0.2) is 8.42 Å². The molecule has 0 radical (unpaired) electrons. The fraction of sp³-hybridized carbons (Fsp3) is 0.273.